The molecule has 0 radical (unpaired) electrons. The van der Waals surface area contributed by atoms with E-state index in [1.54, 1.807) is 6.92 Å². The lowest BCUT2D eigenvalue weighted by Crippen LogP contribution is -2.52. The molecule has 0 bridgehead atoms. The van der Waals surface area contributed by atoms with Crippen LogP contribution in [0.5, 0.6) is 5.75 Å². The number of benzene rings is 2. The predicted molar refractivity (Wildman–Crippen MR) is 111 cm³/mol. The fourth-order valence-electron chi connectivity index (χ4n) is 4.07. The number of hydrogen-bond donors (Lipinski definition) is 1. The highest BCUT2D eigenvalue weighted by atomic mass is 16.5. The number of amides is 1. The molecule has 0 saturated carbocycles. The zero-order valence-electron chi connectivity index (χ0n) is 17.3. The van der Waals surface area contributed by atoms with Gasteiger partial charge in [0.05, 0.1) is 12.2 Å². The van der Waals surface area contributed by atoms with E-state index < -0.39 is 0 Å². The van der Waals surface area contributed by atoms with E-state index in [-0.39, 0.29) is 29.6 Å². The van der Waals surface area contributed by atoms with Crippen molar-refractivity contribution in [3.63, 3.8) is 0 Å². The number of rotatable bonds is 6. The summed E-state index contributed by atoms with van der Waals surface area (Å²) in [5, 5.41) is 3.11. The van der Waals surface area contributed by atoms with E-state index in [4.69, 9.17) is 9.47 Å². The van der Waals surface area contributed by atoms with Gasteiger partial charge in [-0.1, -0.05) is 42.5 Å². The largest absolute Gasteiger partial charge is 0.489 e. The van der Waals surface area contributed by atoms with E-state index in [2.05, 4.69) is 50.4 Å². The van der Waals surface area contributed by atoms with Crippen LogP contribution in [-0.2, 0) is 16.1 Å². The van der Waals surface area contributed by atoms with Crippen LogP contribution in [0, 0.1) is 5.92 Å². The van der Waals surface area contributed by atoms with E-state index in [1.165, 1.54) is 0 Å². The van der Waals surface area contributed by atoms with Crippen LogP contribution in [0.2, 0.25) is 0 Å². The smallest absolute Gasteiger partial charge is 0.217 e. The Balaban J connectivity index is 1.72. The minimum atomic E-state index is -0.334. The quantitative estimate of drug-likeness (QED) is 0.763. The van der Waals surface area contributed by atoms with Gasteiger partial charge >= 0.3 is 0 Å². The maximum atomic E-state index is 11.7. The van der Waals surface area contributed by atoms with Crippen molar-refractivity contribution in [2.24, 2.45) is 5.92 Å². The average molecular weight is 382 g/mol. The zero-order valence-corrected chi connectivity index (χ0v) is 17.3. The van der Waals surface area contributed by atoms with Gasteiger partial charge in [0.1, 0.15) is 12.4 Å². The molecule has 1 aliphatic rings. The predicted octanol–water partition coefficient (Wildman–Crippen LogP) is 5.04. The highest BCUT2D eigenvalue weighted by molar-refractivity contribution is 5.73. The molecule has 2 aromatic rings. The van der Waals surface area contributed by atoms with Gasteiger partial charge in [-0.15, -0.1) is 0 Å². The van der Waals surface area contributed by atoms with Gasteiger partial charge in [-0.2, -0.15) is 0 Å². The molecule has 1 heterocycles. The maximum Gasteiger partial charge on any atom is 0.217 e. The van der Waals surface area contributed by atoms with Gasteiger partial charge in [-0.05, 0) is 56.9 Å². The second-order valence-corrected chi connectivity index (χ2v) is 8.30. The van der Waals surface area contributed by atoms with E-state index in [9.17, 15) is 4.79 Å². The molecule has 2 aromatic carbocycles. The molecule has 0 aromatic heterocycles. The molecule has 1 fully saturated rings. The van der Waals surface area contributed by atoms with Crippen LogP contribution < -0.4 is 10.1 Å². The SMILES string of the molecule is CC(=O)NC(C)(C)[C@@H]1CC[C@@H](C)OC1c1ccc(OCc2ccccc2)cc1. The normalized spacial score (nSPS) is 22.5. The minimum absolute atomic E-state index is 0.00738. The Hall–Kier alpha value is -2.33. The minimum Gasteiger partial charge on any atom is -0.489 e. The fourth-order valence-corrected chi connectivity index (χ4v) is 4.07. The Bertz CT molecular complexity index is 770. The summed E-state index contributed by atoms with van der Waals surface area (Å²) >= 11 is 0. The molecular weight excluding hydrogens is 350 g/mol. The first kappa shape index (κ1) is 20.4. The first-order chi connectivity index (χ1) is 13.3. The molecule has 4 heteroatoms. The summed E-state index contributed by atoms with van der Waals surface area (Å²) in [5.74, 6) is 1.05. The van der Waals surface area contributed by atoms with Crippen molar-refractivity contribution in [2.75, 3.05) is 0 Å². The highest BCUT2D eigenvalue weighted by Crippen LogP contribution is 2.42. The Morgan fingerprint density at radius 1 is 1.11 bits per heavy atom. The van der Waals surface area contributed by atoms with Crippen LogP contribution in [-0.4, -0.2) is 17.6 Å². The van der Waals surface area contributed by atoms with E-state index >= 15 is 0 Å². The highest BCUT2D eigenvalue weighted by Gasteiger charge is 2.41. The van der Waals surface area contributed by atoms with Gasteiger partial charge in [-0.3, -0.25) is 4.79 Å². The third-order valence-corrected chi connectivity index (χ3v) is 5.51. The van der Waals surface area contributed by atoms with Gasteiger partial charge < -0.3 is 14.8 Å². The Labute approximate surface area is 168 Å². The molecule has 0 aliphatic carbocycles. The topological polar surface area (TPSA) is 47.6 Å². The Morgan fingerprint density at radius 3 is 2.43 bits per heavy atom. The number of hydrogen-bond acceptors (Lipinski definition) is 3. The van der Waals surface area contributed by atoms with Gasteiger partial charge in [0.15, 0.2) is 0 Å². The first-order valence-corrected chi connectivity index (χ1v) is 10.1. The molecule has 4 nitrogen and oxygen atoms in total. The lowest BCUT2D eigenvalue weighted by molar-refractivity contribution is -0.126. The van der Waals surface area contributed by atoms with Crippen LogP contribution in [0.4, 0.5) is 0 Å². The van der Waals surface area contributed by atoms with E-state index in [0.717, 1.165) is 29.7 Å². The van der Waals surface area contributed by atoms with Crippen molar-refractivity contribution in [3.05, 3.63) is 65.7 Å². The summed E-state index contributed by atoms with van der Waals surface area (Å²) in [6.07, 6.45) is 2.19. The Morgan fingerprint density at radius 2 is 1.79 bits per heavy atom. The van der Waals surface area contributed by atoms with E-state index in [1.807, 2.05) is 30.3 Å². The van der Waals surface area contributed by atoms with Crippen LogP contribution in [0.25, 0.3) is 0 Å². The molecule has 3 rings (SSSR count). The maximum absolute atomic E-state index is 11.7. The summed E-state index contributed by atoms with van der Waals surface area (Å²) in [5.41, 5.74) is 1.94. The standard InChI is InChI=1S/C24H31NO3/c1-17-10-15-22(24(3,4)25-18(2)26)23(28-17)20-11-13-21(14-12-20)27-16-19-8-6-5-7-9-19/h5-9,11-14,17,22-23H,10,15-16H2,1-4H3,(H,25,26)/t17-,22-,23?/m1/s1. The van der Waals surface area contributed by atoms with Gasteiger partial charge in [0.2, 0.25) is 5.91 Å². The molecule has 1 N–H and O–H groups in total. The van der Waals surface area contributed by atoms with Crippen molar-refractivity contribution < 1.29 is 14.3 Å². The molecule has 3 atom stereocenters. The number of carbonyl (C=O) groups excluding carboxylic acids is 1. The van der Waals surface area contributed by atoms with Crippen molar-refractivity contribution in [1.29, 1.82) is 0 Å². The summed E-state index contributed by atoms with van der Waals surface area (Å²) in [6, 6.07) is 18.3. The van der Waals surface area contributed by atoms with Crippen molar-refractivity contribution >= 4 is 5.91 Å². The number of carbonyl (C=O) groups is 1. The monoisotopic (exact) mass is 381 g/mol. The summed E-state index contributed by atoms with van der Waals surface area (Å²) in [6.45, 7) is 8.41. The second kappa shape index (κ2) is 8.78. The molecule has 1 aliphatic heterocycles. The van der Waals surface area contributed by atoms with Gasteiger partial charge in [0, 0.05) is 18.4 Å². The van der Waals surface area contributed by atoms with E-state index in [0.29, 0.717) is 6.61 Å². The molecular formula is C24H31NO3. The van der Waals surface area contributed by atoms with Crippen LogP contribution in [0.1, 0.15) is 57.8 Å². The van der Waals surface area contributed by atoms with Gasteiger partial charge in [0.25, 0.3) is 0 Å². The molecule has 1 amide bonds. The molecule has 1 unspecified atom stereocenters. The first-order valence-electron chi connectivity index (χ1n) is 10.1. The third kappa shape index (κ3) is 5.14. The van der Waals surface area contributed by atoms with Gasteiger partial charge in [-0.25, -0.2) is 0 Å². The zero-order chi connectivity index (χ0) is 20.1. The third-order valence-electron chi connectivity index (χ3n) is 5.51. The lowest BCUT2D eigenvalue weighted by Gasteiger charge is -2.44. The number of nitrogens with one attached hydrogen (secondary N) is 1. The molecule has 0 spiro atoms. The average Bonchev–Trinajstić information content (AvgIpc) is 2.66. The summed E-state index contributed by atoms with van der Waals surface area (Å²) < 4.78 is 12.2. The van der Waals surface area contributed by atoms with Crippen LogP contribution in [0.15, 0.2) is 54.6 Å². The van der Waals surface area contributed by atoms with Crippen molar-refractivity contribution in [2.45, 2.75) is 64.9 Å². The van der Waals surface area contributed by atoms with Crippen LogP contribution >= 0.6 is 0 Å². The van der Waals surface area contributed by atoms with Crippen molar-refractivity contribution in [3.8, 4) is 5.75 Å². The molecule has 1 saturated heterocycles. The van der Waals surface area contributed by atoms with Crippen LogP contribution in [0.3, 0.4) is 0 Å². The number of ether oxygens (including phenoxy) is 2. The molecule has 150 valence electrons. The summed E-state index contributed by atoms with van der Waals surface area (Å²) in [4.78, 5) is 11.7. The second-order valence-electron chi connectivity index (χ2n) is 8.30. The van der Waals surface area contributed by atoms with Crippen molar-refractivity contribution in [1.82, 2.24) is 5.32 Å². The lowest BCUT2D eigenvalue weighted by atomic mass is 9.75. The summed E-state index contributed by atoms with van der Waals surface area (Å²) in [7, 11) is 0. The molecule has 28 heavy (non-hydrogen) atoms. The Kier molecular flexibility index (Phi) is 6.40. The fraction of sp³-hybridized carbons (Fsp3) is 0.458.